The highest BCUT2D eigenvalue weighted by Gasteiger charge is 2.20. The Morgan fingerprint density at radius 1 is 1.00 bits per heavy atom. The van der Waals surface area contributed by atoms with E-state index < -0.39 is 0 Å². The van der Waals surface area contributed by atoms with Crippen LogP contribution in [0.5, 0.6) is 5.75 Å². The molecule has 0 atom stereocenters. The minimum Gasteiger partial charge on any atom is -0.496 e. The molecule has 0 saturated carbocycles. The summed E-state index contributed by atoms with van der Waals surface area (Å²) in [7, 11) is 1.67. The van der Waals surface area contributed by atoms with Crippen molar-refractivity contribution in [2.45, 2.75) is 31.7 Å². The first kappa shape index (κ1) is 19.3. The Hall–Kier alpha value is -3.06. The SMILES string of the molecule is COc1ccccc1-c1nnc(SCc2c(C)noc2C)n1-c1ccc(C)cc1. The summed E-state index contributed by atoms with van der Waals surface area (Å²) in [5, 5.41) is 13.9. The predicted molar refractivity (Wildman–Crippen MR) is 114 cm³/mol. The summed E-state index contributed by atoms with van der Waals surface area (Å²) in [6.07, 6.45) is 0. The average molecular weight is 407 g/mol. The lowest BCUT2D eigenvalue weighted by molar-refractivity contribution is 0.392. The number of methoxy groups -OCH3 is 1. The van der Waals surface area contributed by atoms with E-state index in [4.69, 9.17) is 9.26 Å². The van der Waals surface area contributed by atoms with Crippen molar-refractivity contribution in [3.8, 4) is 22.8 Å². The minimum absolute atomic E-state index is 0.705. The van der Waals surface area contributed by atoms with E-state index in [0.29, 0.717) is 5.75 Å². The van der Waals surface area contributed by atoms with Crippen LogP contribution >= 0.6 is 11.8 Å². The normalized spacial score (nSPS) is 11.0. The third-order valence-electron chi connectivity index (χ3n) is 4.80. The number of hydrogen-bond donors (Lipinski definition) is 0. The monoisotopic (exact) mass is 406 g/mol. The zero-order valence-electron chi connectivity index (χ0n) is 16.8. The van der Waals surface area contributed by atoms with Crippen molar-refractivity contribution in [2.24, 2.45) is 0 Å². The van der Waals surface area contributed by atoms with Gasteiger partial charge in [0, 0.05) is 17.0 Å². The van der Waals surface area contributed by atoms with Crippen molar-refractivity contribution >= 4 is 11.8 Å². The van der Waals surface area contributed by atoms with Crippen molar-refractivity contribution in [1.29, 1.82) is 0 Å². The van der Waals surface area contributed by atoms with Gasteiger partial charge < -0.3 is 9.26 Å². The van der Waals surface area contributed by atoms with Gasteiger partial charge in [-0.25, -0.2) is 0 Å². The third-order valence-corrected chi connectivity index (χ3v) is 5.76. The number of ether oxygens (including phenoxy) is 1. The summed E-state index contributed by atoms with van der Waals surface area (Å²) in [5.74, 6) is 3.04. The lowest BCUT2D eigenvalue weighted by Gasteiger charge is -2.12. The highest BCUT2D eigenvalue weighted by atomic mass is 32.2. The van der Waals surface area contributed by atoms with Crippen LogP contribution in [0.4, 0.5) is 0 Å². The Balaban J connectivity index is 1.79. The van der Waals surface area contributed by atoms with Gasteiger partial charge in [-0.2, -0.15) is 0 Å². The summed E-state index contributed by atoms with van der Waals surface area (Å²) in [6, 6.07) is 16.2. The number of benzene rings is 2. The van der Waals surface area contributed by atoms with Gasteiger partial charge >= 0.3 is 0 Å². The van der Waals surface area contributed by atoms with E-state index >= 15 is 0 Å². The summed E-state index contributed by atoms with van der Waals surface area (Å²) in [4.78, 5) is 0. The van der Waals surface area contributed by atoms with Gasteiger partial charge in [-0.05, 0) is 45.0 Å². The second-order valence-corrected chi connectivity index (χ2v) is 7.71. The Labute approximate surface area is 173 Å². The Bertz CT molecular complexity index is 1110. The molecule has 0 aliphatic carbocycles. The smallest absolute Gasteiger partial charge is 0.196 e. The topological polar surface area (TPSA) is 66.0 Å². The minimum atomic E-state index is 0.705. The van der Waals surface area contributed by atoms with E-state index in [-0.39, 0.29) is 0 Å². The van der Waals surface area contributed by atoms with Crippen molar-refractivity contribution < 1.29 is 9.26 Å². The first-order valence-electron chi connectivity index (χ1n) is 9.29. The number of aryl methyl sites for hydroxylation is 3. The number of hydrogen-bond acceptors (Lipinski definition) is 6. The Kier molecular flexibility index (Phi) is 5.40. The van der Waals surface area contributed by atoms with Crippen LogP contribution in [0.25, 0.3) is 17.1 Å². The molecule has 2 aromatic carbocycles. The Morgan fingerprint density at radius 2 is 1.76 bits per heavy atom. The van der Waals surface area contributed by atoms with Gasteiger partial charge in [0.2, 0.25) is 0 Å². The summed E-state index contributed by atoms with van der Waals surface area (Å²) in [6.45, 7) is 5.96. The molecule has 0 aliphatic heterocycles. The highest BCUT2D eigenvalue weighted by molar-refractivity contribution is 7.98. The summed E-state index contributed by atoms with van der Waals surface area (Å²) >= 11 is 1.61. The van der Waals surface area contributed by atoms with Gasteiger partial charge in [0.15, 0.2) is 11.0 Å². The van der Waals surface area contributed by atoms with Gasteiger partial charge in [0.1, 0.15) is 11.5 Å². The Morgan fingerprint density at radius 3 is 2.45 bits per heavy atom. The van der Waals surface area contributed by atoms with Crippen molar-refractivity contribution in [2.75, 3.05) is 7.11 Å². The van der Waals surface area contributed by atoms with Gasteiger partial charge in [0.25, 0.3) is 0 Å². The number of nitrogens with zero attached hydrogens (tertiary/aromatic N) is 4. The maximum absolute atomic E-state index is 5.56. The molecule has 0 bridgehead atoms. The standard InChI is InChI=1S/C22H22N4O2S/c1-14-9-11-17(12-10-14)26-21(18-7-5-6-8-20(18)27-4)23-24-22(26)29-13-19-15(2)25-28-16(19)3/h5-12H,13H2,1-4H3. The van der Waals surface area contributed by atoms with Crippen molar-refractivity contribution in [3.05, 3.63) is 71.1 Å². The zero-order valence-corrected chi connectivity index (χ0v) is 17.7. The molecule has 0 unspecified atom stereocenters. The van der Waals surface area contributed by atoms with Crippen LogP contribution in [0.15, 0.2) is 58.2 Å². The van der Waals surface area contributed by atoms with E-state index in [0.717, 1.165) is 45.0 Å². The summed E-state index contributed by atoms with van der Waals surface area (Å²) in [5.41, 5.74) is 5.09. The van der Waals surface area contributed by atoms with Gasteiger partial charge in [-0.1, -0.05) is 46.7 Å². The molecule has 0 N–H and O–H groups in total. The molecule has 148 valence electrons. The third kappa shape index (κ3) is 3.78. The molecule has 0 spiro atoms. The van der Waals surface area contributed by atoms with E-state index in [1.54, 1.807) is 18.9 Å². The molecule has 0 aliphatic rings. The van der Waals surface area contributed by atoms with Crippen LogP contribution in [0.3, 0.4) is 0 Å². The zero-order chi connectivity index (χ0) is 20.4. The van der Waals surface area contributed by atoms with Crippen molar-refractivity contribution in [1.82, 2.24) is 19.9 Å². The molecular weight excluding hydrogens is 384 g/mol. The number of rotatable bonds is 6. The van der Waals surface area contributed by atoms with Gasteiger partial charge in [-0.15, -0.1) is 10.2 Å². The maximum Gasteiger partial charge on any atom is 0.196 e. The predicted octanol–water partition coefficient (Wildman–Crippen LogP) is 5.15. The van der Waals surface area contributed by atoms with Crippen LogP contribution < -0.4 is 4.74 Å². The largest absolute Gasteiger partial charge is 0.496 e. The van der Waals surface area contributed by atoms with Crippen LogP contribution in [-0.2, 0) is 5.75 Å². The van der Waals surface area contributed by atoms with Gasteiger partial charge in [-0.3, -0.25) is 4.57 Å². The van der Waals surface area contributed by atoms with Gasteiger partial charge in [0.05, 0.1) is 18.4 Å². The number of para-hydroxylation sites is 1. The van der Waals surface area contributed by atoms with E-state index in [1.165, 1.54) is 5.56 Å². The quantitative estimate of drug-likeness (QED) is 0.413. The van der Waals surface area contributed by atoms with E-state index in [9.17, 15) is 0 Å². The fourth-order valence-corrected chi connectivity index (χ4v) is 4.24. The average Bonchev–Trinajstić information content (AvgIpc) is 3.30. The molecule has 2 heterocycles. The molecule has 0 radical (unpaired) electrons. The van der Waals surface area contributed by atoms with Crippen molar-refractivity contribution in [3.63, 3.8) is 0 Å². The first-order valence-corrected chi connectivity index (χ1v) is 10.3. The molecule has 0 saturated heterocycles. The second kappa shape index (κ2) is 8.13. The number of thioether (sulfide) groups is 1. The van der Waals surface area contributed by atoms with E-state index in [2.05, 4.69) is 51.1 Å². The molecule has 6 nitrogen and oxygen atoms in total. The number of aromatic nitrogens is 4. The second-order valence-electron chi connectivity index (χ2n) is 6.77. The first-order chi connectivity index (χ1) is 14.1. The lowest BCUT2D eigenvalue weighted by Crippen LogP contribution is -2.01. The fraction of sp³-hybridized carbons (Fsp3) is 0.227. The molecule has 0 fully saturated rings. The highest BCUT2D eigenvalue weighted by Crippen LogP contribution is 2.34. The summed E-state index contributed by atoms with van der Waals surface area (Å²) < 4.78 is 12.9. The molecule has 4 rings (SSSR count). The molecule has 29 heavy (non-hydrogen) atoms. The lowest BCUT2D eigenvalue weighted by atomic mass is 10.1. The van der Waals surface area contributed by atoms with Crippen LogP contribution in [0.2, 0.25) is 0 Å². The molecule has 4 aromatic rings. The van der Waals surface area contributed by atoms with Crippen LogP contribution in [0.1, 0.15) is 22.6 Å². The molecule has 0 amide bonds. The van der Waals surface area contributed by atoms with E-state index in [1.807, 2.05) is 38.1 Å². The molecular formula is C22H22N4O2S. The van der Waals surface area contributed by atoms with Crippen LogP contribution in [0, 0.1) is 20.8 Å². The molecule has 2 aromatic heterocycles. The fourth-order valence-electron chi connectivity index (χ4n) is 3.14. The molecule has 7 heteroatoms. The maximum atomic E-state index is 5.56. The van der Waals surface area contributed by atoms with Crippen LogP contribution in [-0.4, -0.2) is 27.0 Å².